The Kier molecular flexibility index (Phi) is 5.40. The average Bonchev–Trinajstić information content (AvgIpc) is 2.97. The molecule has 21 heavy (non-hydrogen) atoms. The van der Waals surface area contributed by atoms with Gasteiger partial charge in [0.1, 0.15) is 5.82 Å². The molecule has 0 aromatic carbocycles. The van der Waals surface area contributed by atoms with Gasteiger partial charge in [0.2, 0.25) is 0 Å². The molecule has 1 aliphatic rings. The Labute approximate surface area is 127 Å². The van der Waals surface area contributed by atoms with Crippen LogP contribution < -0.4 is 5.32 Å². The lowest BCUT2D eigenvalue weighted by Gasteiger charge is -2.38. The summed E-state index contributed by atoms with van der Waals surface area (Å²) >= 11 is 0. The molecule has 1 aromatic heterocycles. The number of hydrogen-bond acceptors (Lipinski definition) is 4. The molecule has 2 atom stereocenters. The van der Waals surface area contributed by atoms with Crippen molar-refractivity contribution < 1.29 is 8.42 Å². The van der Waals surface area contributed by atoms with Crippen LogP contribution in [0.2, 0.25) is 0 Å². The van der Waals surface area contributed by atoms with Crippen LogP contribution >= 0.6 is 0 Å². The van der Waals surface area contributed by atoms with Crippen LogP contribution in [0.5, 0.6) is 0 Å². The molecule has 2 heterocycles. The minimum Gasteiger partial charge on any atom is -0.332 e. The predicted molar refractivity (Wildman–Crippen MR) is 82.6 cm³/mol. The highest BCUT2D eigenvalue weighted by Crippen LogP contribution is 2.26. The molecule has 1 fully saturated rings. The first-order chi connectivity index (χ1) is 10.0. The molecular formula is C14H26N4O2S. The van der Waals surface area contributed by atoms with Gasteiger partial charge in [-0.25, -0.2) is 13.4 Å². The summed E-state index contributed by atoms with van der Waals surface area (Å²) in [5, 5.41) is 3.57. The first-order valence-electron chi connectivity index (χ1n) is 7.79. The highest BCUT2D eigenvalue weighted by molar-refractivity contribution is 7.89. The lowest BCUT2D eigenvalue weighted by atomic mass is 9.99. The summed E-state index contributed by atoms with van der Waals surface area (Å²) in [5.74, 6) is 0.710. The van der Waals surface area contributed by atoms with Crippen LogP contribution in [0.1, 0.15) is 45.9 Å². The summed E-state index contributed by atoms with van der Waals surface area (Å²) in [4.78, 5) is 7.06. The van der Waals surface area contributed by atoms with E-state index in [-0.39, 0.29) is 17.1 Å². The van der Waals surface area contributed by atoms with E-state index in [0.29, 0.717) is 18.8 Å². The Morgan fingerprint density at radius 2 is 2.24 bits per heavy atom. The smallest absolute Gasteiger partial charge is 0.260 e. The summed E-state index contributed by atoms with van der Waals surface area (Å²) in [5.41, 5.74) is 0. The maximum Gasteiger partial charge on any atom is 0.260 e. The van der Waals surface area contributed by atoms with Crippen LogP contribution in [0.3, 0.4) is 0 Å². The molecule has 1 saturated heterocycles. The van der Waals surface area contributed by atoms with Gasteiger partial charge in [-0.1, -0.05) is 20.3 Å². The number of imidazole rings is 1. The van der Waals surface area contributed by atoms with E-state index in [9.17, 15) is 8.42 Å². The fourth-order valence-corrected chi connectivity index (χ4v) is 4.67. The maximum absolute atomic E-state index is 12.9. The fourth-order valence-electron chi connectivity index (χ4n) is 2.97. The number of piperidine rings is 1. The molecule has 0 amide bonds. The lowest BCUT2D eigenvalue weighted by molar-refractivity contribution is 0.209. The Hall–Kier alpha value is -0.920. The van der Waals surface area contributed by atoms with Gasteiger partial charge < -0.3 is 10.3 Å². The minimum absolute atomic E-state index is 0.0112. The number of H-pyrrole nitrogens is 1. The van der Waals surface area contributed by atoms with Crippen molar-refractivity contribution in [1.82, 2.24) is 19.6 Å². The molecule has 0 radical (unpaired) electrons. The zero-order valence-corrected chi connectivity index (χ0v) is 13.9. The van der Waals surface area contributed by atoms with Crippen LogP contribution in [0.15, 0.2) is 11.2 Å². The van der Waals surface area contributed by atoms with Crippen LogP contribution in [-0.4, -0.2) is 47.9 Å². The number of likely N-dealkylation sites (N-methyl/N-ethyl adjacent to an activating group) is 1. The maximum atomic E-state index is 12.9. The van der Waals surface area contributed by atoms with Gasteiger partial charge in [0.05, 0.1) is 6.20 Å². The number of aromatic nitrogens is 2. The normalized spacial score (nSPS) is 22.3. The van der Waals surface area contributed by atoms with Crippen molar-refractivity contribution in [3.63, 3.8) is 0 Å². The zero-order chi connectivity index (χ0) is 15.5. The number of nitrogens with zero attached hydrogens (tertiary/aromatic N) is 2. The van der Waals surface area contributed by atoms with Crippen LogP contribution in [-0.2, 0) is 16.4 Å². The third kappa shape index (κ3) is 3.46. The monoisotopic (exact) mass is 314 g/mol. The molecule has 0 saturated carbocycles. The molecule has 0 spiro atoms. The second kappa shape index (κ2) is 6.89. The quantitative estimate of drug-likeness (QED) is 0.834. The molecule has 6 nitrogen and oxygen atoms in total. The topological polar surface area (TPSA) is 78.1 Å². The predicted octanol–water partition coefficient (Wildman–Crippen LogP) is 1.51. The number of aromatic amines is 1. The zero-order valence-electron chi connectivity index (χ0n) is 13.1. The molecule has 0 aliphatic carbocycles. The average molecular weight is 314 g/mol. The number of nitrogens with one attached hydrogen (secondary N) is 2. The van der Waals surface area contributed by atoms with Gasteiger partial charge in [0, 0.05) is 25.0 Å². The molecule has 2 N–H and O–H groups in total. The Morgan fingerprint density at radius 3 is 2.86 bits per heavy atom. The van der Waals surface area contributed by atoms with Gasteiger partial charge in [-0.05, 0) is 26.3 Å². The lowest BCUT2D eigenvalue weighted by Crippen LogP contribution is -2.53. The summed E-state index contributed by atoms with van der Waals surface area (Å²) in [6.07, 6.45) is 5.05. The Morgan fingerprint density at radius 1 is 1.48 bits per heavy atom. The highest BCUT2D eigenvalue weighted by Gasteiger charge is 2.37. The van der Waals surface area contributed by atoms with Crippen molar-refractivity contribution in [3.05, 3.63) is 12.0 Å². The fraction of sp³-hybridized carbons (Fsp3) is 0.786. The molecule has 2 rings (SSSR count). The second-order valence-electron chi connectivity index (χ2n) is 5.57. The highest BCUT2D eigenvalue weighted by atomic mass is 32.2. The van der Waals surface area contributed by atoms with E-state index in [1.165, 1.54) is 6.20 Å². The summed E-state index contributed by atoms with van der Waals surface area (Å²) in [6, 6.07) is 0.163. The van der Waals surface area contributed by atoms with Crippen LogP contribution in [0, 0.1) is 0 Å². The van der Waals surface area contributed by atoms with Gasteiger partial charge in [-0.15, -0.1) is 0 Å². The molecular weight excluding hydrogens is 288 g/mol. The van der Waals surface area contributed by atoms with E-state index >= 15 is 0 Å². The Balaban J connectivity index is 2.26. The molecule has 2 unspecified atom stereocenters. The van der Waals surface area contributed by atoms with Crippen molar-refractivity contribution in [3.8, 4) is 0 Å². The minimum atomic E-state index is -3.49. The van der Waals surface area contributed by atoms with E-state index in [2.05, 4.69) is 22.2 Å². The molecule has 120 valence electrons. The molecule has 1 aliphatic heterocycles. The van der Waals surface area contributed by atoms with Crippen molar-refractivity contribution >= 4 is 10.0 Å². The third-order valence-electron chi connectivity index (χ3n) is 4.13. The van der Waals surface area contributed by atoms with Gasteiger partial charge in [0.15, 0.2) is 5.03 Å². The van der Waals surface area contributed by atoms with E-state index < -0.39 is 10.0 Å². The van der Waals surface area contributed by atoms with Gasteiger partial charge >= 0.3 is 0 Å². The van der Waals surface area contributed by atoms with Crippen molar-refractivity contribution in [2.45, 2.75) is 63.6 Å². The molecule has 0 bridgehead atoms. The molecule has 7 heteroatoms. The first kappa shape index (κ1) is 16.5. The van der Waals surface area contributed by atoms with Gasteiger partial charge in [0.25, 0.3) is 10.0 Å². The standard InChI is InChI=1S/C14H26N4O2S/c1-4-13-16-10-14(17-13)21(19,20)18-9-7-6-8-12(18)11(3)15-5-2/h10-12,15H,4-9H2,1-3H3,(H,16,17). The first-order valence-corrected chi connectivity index (χ1v) is 9.23. The van der Waals surface area contributed by atoms with Crippen molar-refractivity contribution in [1.29, 1.82) is 0 Å². The second-order valence-corrected chi connectivity index (χ2v) is 7.43. The van der Waals surface area contributed by atoms with Crippen LogP contribution in [0.4, 0.5) is 0 Å². The number of rotatable bonds is 6. The summed E-state index contributed by atoms with van der Waals surface area (Å²) in [6.45, 7) is 7.48. The van der Waals surface area contributed by atoms with Crippen molar-refractivity contribution in [2.24, 2.45) is 0 Å². The van der Waals surface area contributed by atoms with E-state index in [1.807, 2.05) is 13.8 Å². The number of aryl methyl sites for hydroxylation is 1. The third-order valence-corrected chi connectivity index (χ3v) is 5.96. The summed E-state index contributed by atoms with van der Waals surface area (Å²) < 4.78 is 27.4. The van der Waals surface area contributed by atoms with Gasteiger partial charge in [-0.2, -0.15) is 4.31 Å². The Bertz CT molecular complexity index is 555. The SMILES string of the molecule is CCNC(C)C1CCCCN1S(=O)(=O)c1cnc(CC)[nH]1. The van der Waals surface area contributed by atoms with Gasteiger partial charge in [-0.3, -0.25) is 0 Å². The van der Waals surface area contributed by atoms with E-state index in [4.69, 9.17) is 0 Å². The number of sulfonamides is 1. The molecule has 1 aromatic rings. The van der Waals surface area contributed by atoms with Crippen LogP contribution in [0.25, 0.3) is 0 Å². The number of hydrogen-bond donors (Lipinski definition) is 2. The van der Waals surface area contributed by atoms with E-state index in [1.54, 1.807) is 4.31 Å². The van der Waals surface area contributed by atoms with E-state index in [0.717, 1.165) is 25.8 Å². The van der Waals surface area contributed by atoms with Crippen molar-refractivity contribution in [2.75, 3.05) is 13.1 Å². The summed E-state index contributed by atoms with van der Waals surface area (Å²) in [7, 11) is -3.49. The largest absolute Gasteiger partial charge is 0.332 e.